The number of carbonyl (C=O) groups is 2. The molecule has 1 saturated carbocycles. The van der Waals surface area contributed by atoms with Crippen LogP contribution in [0, 0.1) is 0 Å². The molecule has 2 bridgehead atoms. The van der Waals surface area contributed by atoms with Crippen molar-refractivity contribution in [3.8, 4) is 5.75 Å². The van der Waals surface area contributed by atoms with Crippen LogP contribution in [0.4, 0.5) is 0 Å². The maximum atomic E-state index is 13.5. The highest BCUT2D eigenvalue weighted by atomic mass is 35.5. The van der Waals surface area contributed by atoms with Crippen LogP contribution < -0.4 is 10.5 Å². The fraction of sp³-hybridized carbons (Fsp3) is 0.643. The summed E-state index contributed by atoms with van der Waals surface area (Å²) in [5.41, 5.74) is 7.61. The quantitative estimate of drug-likeness (QED) is 0.617. The lowest BCUT2D eigenvalue weighted by atomic mass is 9.92. The van der Waals surface area contributed by atoms with Gasteiger partial charge in [0.1, 0.15) is 12.4 Å². The summed E-state index contributed by atoms with van der Waals surface area (Å²) in [6, 6.07) is 8.98. The van der Waals surface area contributed by atoms with Gasteiger partial charge in [-0.15, -0.1) is 17.5 Å². The number of carbonyl (C=O) groups excluding carboxylic acids is 2. The minimum Gasteiger partial charge on any atom is -0.492 e. The van der Waals surface area contributed by atoms with Crippen molar-refractivity contribution in [1.29, 1.82) is 0 Å². The van der Waals surface area contributed by atoms with E-state index < -0.39 is 0 Å². The number of fused-ring (bicyclic) bond motifs is 3. The minimum absolute atomic E-state index is 0. The molecule has 3 aliphatic rings. The molecule has 1 unspecified atom stereocenters. The fourth-order valence-corrected chi connectivity index (χ4v) is 5.99. The van der Waals surface area contributed by atoms with E-state index in [0.29, 0.717) is 38.2 Å². The summed E-state index contributed by atoms with van der Waals surface area (Å²) in [4.78, 5) is 30.5. The van der Waals surface area contributed by atoms with Crippen molar-refractivity contribution >= 4 is 24.2 Å². The second kappa shape index (κ2) is 13.4. The molecule has 1 aromatic carbocycles. The van der Waals surface area contributed by atoms with Crippen LogP contribution in [-0.2, 0) is 11.2 Å². The number of hydrogen-bond acceptors (Lipinski definition) is 6. The maximum Gasteiger partial charge on any atom is 0.276 e. The first kappa shape index (κ1) is 28.4. The lowest BCUT2D eigenvalue weighted by Crippen LogP contribution is -2.44. The third-order valence-corrected chi connectivity index (χ3v) is 8.19. The normalized spacial score (nSPS) is 25.3. The second-order valence-electron chi connectivity index (χ2n) is 10.8. The van der Waals surface area contributed by atoms with Gasteiger partial charge in [-0.3, -0.25) is 9.59 Å². The van der Waals surface area contributed by atoms with E-state index in [9.17, 15) is 9.59 Å². The zero-order valence-electron chi connectivity index (χ0n) is 22.2. The summed E-state index contributed by atoms with van der Waals surface area (Å²) >= 11 is 0. The molecular formula is C28H41ClN6O3. The van der Waals surface area contributed by atoms with E-state index in [-0.39, 0.29) is 42.3 Å². The van der Waals surface area contributed by atoms with E-state index >= 15 is 0 Å². The summed E-state index contributed by atoms with van der Waals surface area (Å²) in [7, 11) is 0. The molecule has 2 fully saturated rings. The second-order valence-corrected chi connectivity index (χ2v) is 10.8. The van der Waals surface area contributed by atoms with Crippen LogP contribution in [0.3, 0.4) is 0 Å². The molecule has 2 N–H and O–H groups in total. The molecule has 10 heteroatoms. The van der Waals surface area contributed by atoms with E-state index in [0.717, 1.165) is 63.7 Å². The van der Waals surface area contributed by atoms with Crippen molar-refractivity contribution in [3.05, 3.63) is 41.7 Å². The summed E-state index contributed by atoms with van der Waals surface area (Å²) in [6.45, 7) is 2.13. The van der Waals surface area contributed by atoms with Gasteiger partial charge in [0.25, 0.3) is 5.91 Å². The highest BCUT2D eigenvalue weighted by Gasteiger charge is 2.28. The Kier molecular flexibility index (Phi) is 10.0. The number of hydrogen-bond donors (Lipinski definition) is 1. The van der Waals surface area contributed by atoms with Crippen LogP contribution in [0.15, 0.2) is 30.5 Å². The van der Waals surface area contributed by atoms with Crippen molar-refractivity contribution in [2.75, 3.05) is 26.2 Å². The number of ether oxygens (including phenoxy) is 1. The molecule has 2 aromatic rings. The van der Waals surface area contributed by atoms with Crippen LogP contribution in [0.2, 0.25) is 0 Å². The Morgan fingerprint density at radius 1 is 0.947 bits per heavy atom. The molecule has 3 heterocycles. The topological polar surface area (TPSA) is 107 Å². The summed E-state index contributed by atoms with van der Waals surface area (Å²) in [5.74, 6) is 0.861. The molecule has 1 saturated heterocycles. The zero-order chi connectivity index (χ0) is 25.6. The number of amides is 2. The highest BCUT2D eigenvalue weighted by Crippen LogP contribution is 2.27. The molecule has 1 atom stereocenters. The van der Waals surface area contributed by atoms with Gasteiger partial charge >= 0.3 is 0 Å². The van der Waals surface area contributed by atoms with Gasteiger partial charge in [-0.05, 0) is 81.9 Å². The molecule has 38 heavy (non-hydrogen) atoms. The van der Waals surface area contributed by atoms with Crippen molar-refractivity contribution < 1.29 is 14.3 Å². The van der Waals surface area contributed by atoms with Gasteiger partial charge in [-0.1, -0.05) is 17.3 Å². The van der Waals surface area contributed by atoms with Crippen molar-refractivity contribution in [2.24, 2.45) is 5.73 Å². The van der Waals surface area contributed by atoms with Gasteiger partial charge in [0.2, 0.25) is 5.91 Å². The number of nitrogens with zero attached hydrogens (tertiary/aromatic N) is 5. The van der Waals surface area contributed by atoms with Gasteiger partial charge < -0.3 is 20.3 Å². The SMILES string of the molecule is Cl.NC1CCC(n2cc(C(=O)N3CCCC(=O)N4CCCCC4CCc4cccc(c4)OCC3)nn2)CC1. The Hall–Kier alpha value is -2.65. The first-order valence-electron chi connectivity index (χ1n) is 14.0. The number of halogens is 1. The predicted octanol–water partition coefficient (Wildman–Crippen LogP) is 3.77. The molecule has 5 rings (SSSR count). The average molecular weight is 545 g/mol. The Morgan fingerprint density at radius 2 is 1.79 bits per heavy atom. The van der Waals surface area contributed by atoms with Gasteiger partial charge in [0.15, 0.2) is 5.69 Å². The van der Waals surface area contributed by atoms with Crippen molar-refractivity contribution in [2.45, 2.75) is 88.8 Å². The van der Waals surface area contributed by atoms with E-state index in [1.54, 1.807) is 11.1 Å². The van der Waals surface area contributed by atoms with Crippen molar-refractivity contribution in [3.63, 3.8) is 0 Å². The monoisotopic (exact) mass is 544 g/mol. The van der Waals surface area contributed by atoms with E-state index in [1.165, 1.54) is 12.0 Å². The molecule has 1 aromatic heterocycles. The van der Waals surface area contributed by atoms with Gasteiger partial charge in [0, 0.05) is 31.6 Å². The molecular weight excluding hydrogens is 504 g/mol. The van der Waals surface area contributed by atoms with Crippen molar-refractivity contribution in [1.82, 2.24) is 24.8 Å². The molecule has 2 aliphatic heterocycles. The Labute approximate surface area is 231 Å². The van der Waals surface area contributed by atoms with Crippen LogP contribution >= 0.6 is 12.4 Å². The third kappa shape index (κ3) is 7.05. The first-order valence-corrected chi connectivity index (χ1v) is 14.0. The lowest BCUT2D eigenvalue weighted by molar-refractivity contribution is -0.135. The Balaban J connectivity index is 0.00000336. The molecule has 2 amide bonds. The van der Waals surface area contributed by atoms with Gasteiger partial charge in [-0.25, -0.2) is 4.68 Å². The zero-order valence-corrected chi connectivity index (χ0v) is 23.0. The summed E-state index contributed by atoms with van der Waals surface area (Å²) < 4.78 is 7.88. The third-order valence-electron chi connectivity index (χ3n) is 8.19. The number of piperidine rings is 1. The maximum absolute atomic E-state index is 13.5. The lowest BCUT2D eigenvalue weighted by Gasteiger charge is -2.36. The smallest absolute Gasteiger partial charge is 0.276 e. The minimum atomic E-state index is -0.163. The Morgan fingerprint density at radius 3 is 2.63 bits per heavy atom. The first-order chi connectivity index (χ1) is 18.1. The molecule has 208 valence electrons. The van der Waals surface area contributed by atoms with Gasteiger partial charge in [-0.2, -0.15) is 0 Å². The van der Waals surface area contributed by atoms with Crippen LogP contribution in [0.1, 0.15) is 86.3 Å². The van der Waals surface area contributed by atoms with Crippen LogP contribution in [0.25, 0.3) is 0 Å². The number of aryl methyl sites for hydroxylation is 1. The number of benzene rings is 1. The number of nitrogens with two attached hydrogens (primary N) is 1. The molecule has 0 radical (unpaired) electrons. The molecule has 1 aliphatic carbocycles. The van der Waals surface area contributed by atoms with Crippen LogP contribution in [0.5, 0.6) is 5.75 Å². The predicted molar refractivity (Wildman–Crippen MR) is 147 cm³/mol. The number of aromatic nitrogens is 3. The molecule has 0 spiro atoms. The fourth-order valence-electron chi connectivity index (χ4n) is 5.99. The average Bonchev–Trinajstić information content (AvgIpc) is 3.41. The van der Waals surface area contributed by atoms with Crippen LogP contribution in [-0.4, -0.2) is 74.9 Å². The highest BCUT2D eigenvalue weighted by molar-refractivity contribution is 5.92. The summed E-state index contributed by atoms with van der Waals surface area (Å²) in [5, 5.41) is 8.50. The van der Waals surface area contributed by atoms with E-state index in [2.05, 4.69) is 27.3 Å². The standard InChI is InChI=1S/C28H40N6O3.ClH/c29-22-10-13-24(14-11-22)34-20-26(30-31-34)28(36)32-15-4-8-27(35)33-16-2-1-6-23(33)12-9-21-5-3-7-25(19-21)37-18-17-32;/h3,5,7,19-20,22-24H,1-2,4,6,8-18,29H2;1H. The largest absolute Gasteiger partial charge is 0.492 e. The molecule has 9 nitrogen and oxygen atoms in total. The Bertz CT molecular complexity index is 1070. The number of rotatable bonds is 2. The van der Waals surface area contributed by atoms with E-state index in [1.807, 2.05) is 16.8 Å². The van der Waals surface area contributed by atoms with Gasteiger partial charge in [0.05, 0.1) is 18.8 Å². The summed E-state index contributed by atoms with van der Waals surface area (Å²) in [6.07, 6.45) is 11.9. The van der Waals surface area contributed by atoms with E-state index in [4.69, 9.17) is 10.5 Å².